The first-order chi connectivity index (χ1) is 16.5. The average Bonchev–Trinajstić information content (AvgIpc) is 2.81. The zero-order valence-corrected chi connectivity index (χ0v) is 20.4. The summed E-state index contributed by atoms with van der Waals surface area (Å²) in [5.74, 6) is -0.822. The molecule has 1 saturated heterocycles. The normalized spacial score (nSPS) is 16.7. The van der Waals surface area contributed by atoms with Crippen molar-refractivity contribution >= 4 is 29.3 Å². The summed E-state index contributed by atoms with van der Waals surface area (Å²) < 4.78 is 10.8. The van der Waals surface area contributed by atoms with Crippen LogP contribution >= 0.6 is 0 Å². The van der Waals surface area contributed by atoms with E-state index < -0.39 is 23.7 Å². The number of hydrogen-bond acceptors (Lipinski definition) is 7. The van der Waals surface area contributed by atoms with Gasteiger partial charge in [0.15, 0.2) is 11.6 Å². The number of ether oxygens (including phenoxy) is 2. The second-order valence-electron chi connectivity index (χ2n) is 9.89. The molecule has 35 heavy (non-hydrogen) atoms. The molecular formula is C27H30N2O6. The number of benzene rings is 2. The Morgan fingerprint density at radius 3 is 2.17 bits per heavy atom. The maximum absolute atomic E-state index is 13.3. The minimum atomic E-state index is -0.840. The molecule has 1 aliphatic heterocycles. The minimum absolute atomic E-state index is 0.146. The molecule has 0 radical (unpaired) electrons. The van der Waals surface area contributed by atoms with Crippen LogP contribution < -0.4 is 10.2 Å². The highest BCUT2D eigenvalue weighted by atomic mass is 16.6. The summed E-state index contributed by atoms with van der Waals surface area (Å²) in [6, 6.07) is 11.4. The van der Waals surface area contributed by atoms with Crippen molar-refractivity contribution in [2.24, 2.45) is 0 Å². The third kappa shape index (κ3) is 5.21. The lowest BCUT2D eigenvalue weighted by Gasteiger charge is -2.35. The first kappa shape index (κ1) is 24.4. The van der Waals surface area contributed by atoms with E-state index in [2.05, 4.69) is 10.2 Å². The summed E-state index contributed by atoms with van der Waals surface area (Å²) >= 11 is 0. The molecule has 4 rings (SSSR count). The Balaban J connectivity index is 1.39. The molecule has 8 heteroatoms. The summed E-state index contributed by atoms with van der Waals surface area (Å²) in [7, 11) is 0. The van der Waals surface area contributed by atoms with Crippen LogP contribution in [0.3, 0.4) is 0 Å². The SMILES string of the molecule is C[C@H](NC(=O)OC(C)(C)C)C(=O)OC1CCN(c2cccc3c2C(=O)c2ccccc2C3=O)CC1. The number of carbonyl (C=O) groups excluding carboxylic acids is 4. The van der Waals surface area contributed by atoms with Crippen molar-refractivity contribution in [2.75, 3.05) is 18.0 Å². The zero-order valence-electron chi connectivity index (χ0n) is 20.4. The molecule has 1 atom stereocenters. The molecular weight excluding hydrogens is 448 g/mol. The Bertz CT molecular complexity index is 1170. The number of piperidine rings is 1. The summed E-state index contributed by atoms with van der Waals surface area (Å²) in [5, 5.41) is 2.50. The van der Waals surface area contributed by atoms with Crippen LogP contribution in [0.25, 0.3) is 0 Å². The molecule has 1 fully saturated rings. The van der Waals surface area contributed by atoms with Crippen LogP contribution in [-0.4, -0.2) is 54.5 Å². The molecule has 8 nitrogen and oxygen atoms in total. The number of esters is 1. The number of fused-ring (bicyclic) bond motifs is 2. The van der Waals surface area contributed by atoms with Crippen molar-refractivity contribution in [3.05, 3.63) is 64.7 Å². The van der Waals surface area contributed by atoms with Crippen LogP contribution in [0.15, 0.2) is 42.5 Å². The van der Waals surface area contributed by atoms with Gasteiger partial charge in [0, 0.05) is 48.3 Å². The number of nitrogens with one attached hydrogen (secondary N) is 1. The molecule has 0 unspecified atom stereocenters. The van der Waals surface area contributed by atoms with Crippen molar-refractivity contribution in [3.63, 3.8) is 0 Å². The van der Waals surface area contributed by atoms with E-state index in [1.807, 2.05) is 6.07 Å². The lowest BCUT2D eigenvalue weighted by atomic mass is 9.83. The second-order valence-corrected chi connectivity index (χ2v) is 9.89. The highest BCUT2D eigenvalue weighted by Crippen LogP contribution is 2.35. The molecule has 2 aromatic carbocycles. The molecule has 0 aromatic heterocycles. The summed E-state index contributed by atoms with van der Waals surface area (Å²) in [4.78, 5) is 52.7. The number of rotatable bonds is 4. The van der Waals surface area contributed by atoms with Gasteiger partial charge in [-0.1, -0.05) is 36.4 Å². The van der Waals surface area contributed by atoms with Crippen molar-refractivity contribution < 1.29 is 28.7 Å². The molecule has 0 spiro atoms. The fourth-order valence-corrected chi connectivity index (χ4v) is 4.41. The quantitative estimate of drug-likeness (QED) is 0.568. The van der Waals surface area contributed by atoms with Crippen LogP contribution in [-0.2, 0) is 14.3 Å². The van der Waals surface area contributed by atoms with Gasteiger partial charge in [0.05, 0.1) is 5.56 Å². The largest absolute Gasteiger partial charge is 0.461 e. The number of ketones is 2. The minimum Gasteiger partial charge on any atom is -0.461 e. The molecule has 2 aliphatic rings. The van der Waals surface area contributed by atoms with Crippen LogP contribution in [0.4, 0.5) is 10.5 Å². The Hall–Kier alpha value is -3.68. The average molecular weight is 479 g/mol. The molecule has 0 bridgehead atoms. The number of amides is 1. The van der Waals surface area contributed by atoms with Gasteiger partial charge in [-0.05, 0) is 33.8 Å². The topological polar surface area (TPSA) is 102 Å². The van der Waals surface area contributed by atoms with E-state index in [0.29, 0.717) is 48.2 Å². The van der Waals surface area contributed by atoms with Crippen LogP contribution in [0.5, 0.6) is 0 Å². The van der Waals surface area contributed by atoms with Crippen LogP contribution in [0.2, 0.25) is 0 Å². The van der Waals surface area contributed by atoms with E-state index in [0.717, 1.165) is 5.69 Å². The van der Waals surface area contributed by atoms with E-state index in [9.17, 15) is 19.2 Å². The fraction of sp³-hybridized carbons (Fsp3) is 0.407. The number of hydrogen-bond donors (Lipinski definition) is 1. The van der Waals surface area contributed by atoms with E-state index in [-0.39, 0.29) is 17.7 Å². The summed E-state index contributed by atoms with van der Waals surface area (Å²) in [6.07, 6.45) is 0.145. The number of carbonyl (C=O) groups is 4. The van der Waals surface area contributed by atoms with Gasteiger partial charge in [-0.3, -0.25) is 9.59 Å². The molecule has 2 aromatic rings. The standard InChI is InChI=1S/C27H30N2O6/c1-16(28-26(33)35-27(2,3)4)25(32)34-17-12-14-29(15-13-17)21-11-7-10-20-22(21)24(31)19-9-6-5-8-18(19)23(20)30/h5-11,16-17H,12-15H2,1-4H3,(H,28,33)/t16-/m0/s1. The number of anilines is 1. The Kier molecular flexibility index (Phi) is 6.65. The van der Waals surface area contributed by atoms with E-state index in [4.69, 9.17) is 9.47 Å². The monoisotopic (exact) mass is 478 g/mol. The second kappa shape index (κ2) is 9.52. The third-order valence-corrected chi connectivity index (χ3v) is 6.08. The highest BCUT2D eigenvalue weighted by Gasteiger charge is 2.34. The molecule has 1 amide bonds. The lowest BCUT2D eigenvalue weighted by Crippen LogP contribution is -2.45. The van der Waals surface area contributed by atoms with Crippen LogP contribution in [0, 0.1) is 0 Å². The van der Waals surface area contributed by atoms with Gasteiger partial charge in [0.2, 0.25) is 0 Å². The van der Waals surface area contributed by atoms with Gasteiger partial charge in [-0.15, -0.1) is 0 Å². The van der Waals surface area contributed by atoms with Gasteiger partial charge in [0.25, 0.3) is 0 Å². The predicted octanol–water partition coefficient (Wildman–Crippen LogP) is 3.89. The van der Waals surface area contributed by atoms with Crippen molar-refractivity contribution in [2.45, 2.75) is 58.3 Å². The zero-order chi connectivity index (χ0) is 25.3. The van der Waals surface area contributed by atoms with E-state index in [1.165, 1.54) is 0 Å². The van der Waals surface area contributed by atoms with E-state index >= 15 is 0 Å². The first-order valence-electron chi connectivity index (χ1n) is 11.8. The van der Waals surface area contributed by atoms with Gasteiger partial charge in [-0.25, -0.2) is 9.59 Å². The molecule has 0 saturated carbocycles. The third-order valence-electron chi connectivity index (χ3n) is 6.08. The number of nitrogens with zero attached hydrogens (tertiary/aromatic N) is 1. The van der Waals surface area contributed by atoms with Crippen LogP contribution in [0.1, 0.15) is 72.4 Å². The number of alkyl carbamates (subject to hydrolysis) is 1. The van der Waals surface area contributed by atoms with Gasteiger partial charge in [0.1, 0.15) is 17.7 Å². The van der Waals surface area contributed by atoms with Crippen molar-refractivity contribution in [3.8, 4) is 0 Å². The van der Waals surface area contributed by atoms with Gasteiger partial charge < -0.3 is 19.7 Å². The van der Waals surface area contributed by atoms with Gasteiger partial charge >= 0.3 is 12.1 Å². The summed E-state index contributed by atoms with van der Waals surface area (Å²) in [6.45, 7) is 7.91. The maximum Gasteiger partial charge on any atom is 0.408 e. The highest BCUT2D eigenvalue weighted by molar-refractivity contribution is 6.30. The Labute approximate surface area is 204 Å². The lowest BCUT2D eigenvalue weighted by molar-refractivity contribution is -0.152. The van der Waals surface area contributed by atoms with E-state index in [1.54, 1.807) is 64.1 Å². The molecule has 1 heterocycles. The first-order valence-corrected chi connectivity index (χ1v) is 11.8. The fourth-order valence-electron chi connectivity index (χ4n) is 4.41. The maximum atomic E-state index is 13.3. The molecule has 184 valence electrons. The smallest absolute Gasteiger partial charge is 0.408 e. The summed E-state index contributed by atoms with van der Waals surface area (Å²) in [5.41, 5.74) is 1.77. The Morgan fingerprint density at radius 1 is 0.943 bits per heavy atom. The molecule has 1 aliphatic carbocycles. The van der Waals surface area contributed by atoms with Crippen molar-refractivity contribution in [1.29, 1.82) is 0 Å². The Morgan fingerprint density at radius 2 is 1.54 bits per heavy atom. The molecule has 1 N–H and O–H groups in total. The van der Waals surface area contributed by atoms with Gasteiger partial charge in [-0.2, -0.15) is 0 Å². The van der Waals surface area contributed by atoms with Crippen molar-refractivity contribution in [1.82, 2.24) is 5.32 Å². The predicted molar refractivity (Wildman–Crippen MR) is 130 cm³/mol.